The van der Waals surface area contributed by atoms with Crippen molar-refractivity contribution in [3.63, 3.8) is 0 Å². The molecule has 1 heterocycles. The first-order valence-corrected chi connectivity index (χ1v) is 11.5. The quantitative estimate of drug-likeness (QED) is 0.567. The van der Waals surface area contributed by atoms with Crippen LogP contribution in [-0.4, -0.2) is 23.2 Å². The van der Waals surface area contributed by atoms with Crippen LogP contribution in [0.1, 0.15) is 29.4 Å². The summed E-state index contributed by atoms with van der Waals surface area (Å²) < 4.78 is 29.5. The number of rotatable bonds is 8. The van der Waals surface area contributed by atoms with E-state index in [9.17, 15) is 8.42 Å². The predicted octanol–water partition coefficient (Wildman–Crippen LogP) is 3.69. The van der Waals surface area contributed by atoms with Gasteiger partial charge in [0, 0.05) is 12.3 Å². The van der Waals surface area contributed by atoms with Crippen LogP contribution in [0, 0.1) is 13.8 Å². The first-order valence-electron chi connectivity index (χ1n) is 9.06. The number of sulfonamides is 1. The molecule has 0 unspecified atom stereocenters. The minimum atomic E-state index is -3.59. The average molecular weight is 417 g/mol. The van der Waals surface area contributed by atoms with E-state index in [0.29, 0.717) is 12.4 Å². The van der Waals surface area contributed by atoms with Crippen molar-refractivity contribution in [1.29, 1.82) is 0 Å². The first-order chi connectivity index (χ1) is 13.4. The lowest BCUT2D eigenvalue weighted by Crippen LogP contribution is -2.25. The normalized spacial score (nSPS) is 11.7. The molecule has 0 aliphatic carbocycles. The fourth-order valence-corrected chi connectivity index (χ4v) is 4.62. The standard InChI is InChI=1S/C20H24N4O2S2/c1-4-24-19(13-21-28(25,26)18-11-7-16(3)8-12-18)22-23-20(24)27-14-17-9-5-15(2)6-10-17/h5-12,21H,4,13-14H2,1-3H3. The Morgan fingerprint density at radius 2 is 1.57 bits per heavy atom. The van der Waals surface area contributed by atoms with Gasteiger partial charge in [-0.05, 0) is 38.5 Å². The highest BCUT2D eigenvalue weighted by Crippen LogP contribution is 2.22. The van der Waals surface area contributed by atoms with E-state index in [4.69, 9.17) is 0 Å². The van der Waals surface area contributed by atoms with Gasteiger partial charge in [-0.25, -0.2) is 13.1 Å². The van der Waals surface area contributed by atoms with Crippen LogP contribution in [0.15, 0.2) is 58.6 Å². The van der Waals surface area contributed by atoms with Crippen molar-refractivity contribution in [3.05, 3.63) is 71.0 Å². The molecule has 0 aliphatic heterocycles. The van der Waals surface area contributed by atoms with Crippen LogP contribution in [0.25, 0.3) is 0 Å². The number of thioether (sulfide) groups is 1. The smallest absolute Gasteiger partial charge is 0.240 e. The summed E-state index contributed by atoms with van der Waals surface area (Å²) in [5, 5.41) is 9.22. The number of benzene rings is 2. The zero-order valence-electron chi connectivity index (χ0n) is 16.2. The molecule has 0 saturated heterocycles. The zero-order chi connectivity index (χ0) is 20.1. The molecule has 3 rings (SSSR count). The summed E-state index contributed by atoms with van der Waals surface area (Å²) in [6.45, 7) is 6.75. The van der Waals surface area contributed by atoms with Crippen LogP contribution in [0.3, 0.4) is 0 Å². The summed E-state index contributed by atoms with van der Waals surface area (Å²) in [5.41, 5.74) is 3.46. The second-order valence-corrected chi connectivity index (χ2v) is 9.26. The fourth-order valence-electron chi connectivity index (χ4n) is 2.67. The van der Waals surface area contributed by atoms with Gasteiger partial charge in [0.1, 0.15) is 5.82 Å². The Hall–Kier alpha value is -2.16. The average Bonchev–Trinajstić information content (AvgIpc) is 3.08. The number of nitrogens with one attached hydrogen (secondary N) is 1. The number of aromatic nitrogens is 3. The van der Waals surface area contributed by atoms with Crippen molar-refractivity contribution < 1.29 is 8.42 Å². The highest BCUT2D eigenvalue weighted by molar-refractivity contribution is 7.98. The van der Waals surface area contributed by atoms with Gasteiger partial charge < -0.3 is 4.57 Å². The minimum absolute atomic E-state index is 0.0993. The van der Waals surface area contributed by atoms with Crippen molar-refractivity contribution in [1.82, 2.24) is 19.5 Å². The first kappa shape index (κ1) is 20.6. The summed E-state index contributed by atoms with van der Waals surface area (Å²) in [7, 11) is -3.59. The van der Waals surface area contributed by atoms with Crippen LogP contribution < -0.4 is 4.72 Å². The lowest BCUT2D eigenvalue weighted by Gasteiger charge is -2.09. The monoisotopic (exact) mass is 416 g/mol. The summed E-state index contributed by atoms with van der Waals surface area (Å²) in [6.07, 6.45) is 0. The van der Waals surface area contributed by atoms with Gasteiger partial charge in [-0.3, -0.25) is 0 Å². The molecule has 0 saturated carbocycles. The number of hydrogen-bond donors (Lipinski definition) is 1. The van der Waals surface area contributed by atoms with Gasteiger partial charge in [-0.1, -0.05) is 59.3 Å². The second kappa shape index (κ2) is 8.89. The highest BCUT2D eigenvalue weighted by atomic mass is 32.2. The molecule has 0 amide bonds. The molecule has 0 radical (unpaired) electrons. The van der Waals surface area contributed by atoms with Gasteiger partial charge in [0.25, 0.3) is 0 Å². The molecule has 0 atom stereocenters. The summed E-state index contributed by atoms with van der Waals surface area (Å²) >= 11 is 1.59. The van der Waals surface area contributed by atoms with Gasteiger partial charge in [-0.2, -0.15) is 0 Å². The zero-order valence-corrected chi connectivity index (χ0v) is 17.8. The maximum Gasteiger partial charge on any atom is 0.240 e. The van der Waals surface area contributed by atoms with Gasteiger partial charge in [-0.15, -0.1) is 10.2 Å². The maximum atomic E-state index is 12.5. The summed E-state index contributed by atoms with van der Waals surface area (Å²) in [4.78, 5) is 0.245. The van der Waals surface area contributed by atoms with Crippen molar-refractivity contribution >= 4 is 21.8 Å². The van der Waals surface area contributed by atoms with Crippen LogP contribution in [-0.2, 0) is 28.9 Å². The molecule has 1 aromatic heterocycles. The molecule has 0 spiro atoms. The summed E-state index contributed by atoms with van der Waals surface area (Å²) in [6, 6.07) is 15.1. The number of hydrogen-bond acceptors (Lipinski definition) is 5. The Balaban J connectivity index is 1.67. The Kier molecular flexibility index (Phi) is 6.53. The van der Waals surface area contributed by atoms with E-state index >= 15 is 0 Å². The predicted molar refractivity (Wildman–Crippen MR) is 112 cm³/mol. The number of aryl methyl sites for hydroxylation is 2. The van der Waals surface area contributed by atoms with Crippen LogP contribution in [0.5, 0.6) is 0 Å². The number of nitrogens with zero attached hydrogens (tertiary/aromatic N) is 3. The largest absolute Gasteiger partial charge is 0.305 e. The highest BCUT2D eigenvalue weighted by Gasteiger charge is 2.17. The van der Waals surface area contributed by atoms with E-state index in [-0.39, 0.29) is 11.4 Å². The van der Waals surface area contributed by atoms with Gasteiger partial charge >= 0.3 is 0 Å². The van der Waals surface area contributed by atoms with E-state index < -0.39 is 10.0 Å². The van der Waals surface area contributed by atoms with E-state index in [1.54, 1.807) is 36.0 Å². The topological polar surface area (TPSA) is 76.9 Å². The molecular formula is C20H24N4O2S2. The molecular weight excluding hydrogens is 392 g/mol. The van der Waals surface area contributed by atoms with Gasteiger partial charge in [0.2, 0.25) is 10.0 Å². The van der Waals surface area contributed by atoms with E-state index in [0.717, 1.165) is 16.5 Å². The Bertz CT molecular complexity index is 1030. The molecule has 148 valence electrons. The third-order valence-corrected chi connectivity index (χ3v) is 6.80. The van der Waals surface area contributed by atoms with Gasteiger partial charge in [0.05, 0.1) is 11.4 Å². The molecule has 0 aliphatic rings. The molecule has 6 nitrogen and oxygen atoms in total. The molecule has 0 bridgehead atoms. The Labute approximate surface area is 170 Å². The van der Waals surface area contributed by atoms with Crippen LogP contribution in [0.2, 0.25) is 0 Å². The Morgan fingerprint density at radius 3 is 2.18 bits per heavy atom. The lowest BCUT2D eigenvalue weighted by molar-refractivity contribution is 0.572. The fraction of sp³-hybridized carbons (Fsp3) is 0.300. The van der Waals surface area contributed by atoms with Crippen LogP contribution in [0.4, 0.5) is 0 Å². The SMILES string of the molecule is CCn1c(CNS(=O)(=O)c2ccc(C)cc2)nnc1SCc1ccc(C)cc1. The molecule has 0 fully saturated rings. The molecule has 3 aromatic rings. The molecule has 8 heteroatoms. The third kappa shape index (κ3) is 5.01. The Morgan fingerprint density at radius 1 is 0.964 bits per heavy atom. The maximum absolute atomic E-state index is 12.5. The van der Waals surface area contributed by atoms with E-state index in [1.165, 1.54) is 11.1 Å². The molecule has 2 aromatic carbocycles. The van der Waals surface area contributed by atoms with Crippen molar-refractivity contribution in [2.24, 2.45) is 0 Å². The van der Waals surface area contributed by atoms with Crippen LogP contribution >= 0.6 is 11.8 Å². The van der Waals surface area contributed by atoms with Gasteiger partial charge in [0.15, 0.2) is 5.16 Å². The van der Waals surface area contributed by atoms with E-state index in [1.807, 2.05) is 18.4 Å². The second-order valence-electron chi connectivity index (χ2n) is 6.55. The molecule has 1 N–H and O–H groups in total. The van der Waals surface area contributed by atoms with Crippen molar-refractivity contribution in [3.8, 4) is 0 Å². The third-order valence-electron chi connectivity index (χ3n) is 4.35. The molecule has 28 heavy (non-hydrogen) atoms. The van der Waals surface area contributed by atoms with Crippen molar-refractivity contribution in [2.75, 3.05) is 0 Å². The minimum Gasteiger partial charge on any atom is -0.305 e. The van der Waals surface area contributed by atoms with E-state index in [2.05, 4.69) is 46.1 Å². The van der Waals surface area contributed by atoms with Crippen molar-refractivity contribution in [2.45, 2.75) is 49.7 Å². The summed E-state index contributed by atoms with van der Waals surface area (Å²) in [5.74, 6) is 1.39. The lowest BCUT2D eigenvalue weighted by atomic mass is 10.2.